The van der Waals surface area contributed by atoms with Crippen LogP contribution in [0.1, 0.15) is 42.0 Å². The second kappa shape index (κ2) is 6.59. The molecule has 0 spiro atoms. The fourth-order valence-electron chi connectivity index (χ4n) is 3.39. The molecule has 1 aromatic carbocycles. The van der Waals surface area contributed by atoms with Gasteiger partial charge in [-0.25, -0.2) is 9.07 Å². The molecule has 0 saturated carbocycles. The Morgan fingerprint density at radius 1 is 1.36 bits per heavy atom. The number of para-hydroxylation sites is 1. The third-order valence-corrected chi connectivity index (χ3v) is 4.78. The Kier molecular flexibility index (Phi) is 4.64. The predicted octanol–water partition coefficient (Wildman–Crippen LogP) is 2.56. The average molecular weight is 344 g/mol. The van der Waals surface area contributed by atoms with E-state index in [0.29, 0.717) is 24.5 Å². The van der Waals surface area contributed by atoms with Crippen molar-refractivity contribution in [3.05, 3.63) is 47.0 Å². The van der Waals surface area contributed by atoms with Gasteiger partial charge in [0.05, 0.1) is 0 Å². The van der Waals surface area contributed by atoms with Crippen LogP contribution in [0, 0.1) is 11.2 Å². The summed E-state index contributed by atoms with van der Waals surface area (Å²) in [4.78, 5) is 14.6. The largest absolute Gasteiger partial charge is 0.340 e. The number of carbonyl (C=O) groups excluding carboxylic acids is 1. The Bertz CT molecular complexity index is 797. The number of hydrogen-bond donors (Lipinski definition) is 1. The molecular formula is C19H25FN4O. The summed E-state index contributed by atoms with van der Waals surface area (Å²) in [6.07, 6.45) is 2.57. The molecule has 6 heteroatoms. The summed E-state index contributed by atoms with van der Waals surface area (Å²) in [5, 5.41) is 4.49. The Labute approximate surface area is 147 Å². The van der Waals surface area contributed by atoms with Crippen LogP contribution in [0.2, 0.25) is 0 Å². The van der Waals surface area contributed by atoms with Crippen LogP contribution in [-0.4, -0.2) is 40.7 Å². The lowest BCUT2D eigenvalue weighted by Gasteiger charge is -2.28. The molecule has 1 aromatic heterocycles. The fourth-order valence-corrected chi connectivity index (χ4v) is 3.39. The minimum Gasteiger partial charge on any atom is -0.340 e. The van der Waals surface area contributed by atoms with Crippen molar-refractivity contribution < 1.29 is 9.18 Å². The highest BCUT2D eigenvalue weighted by atomic mass is 19.1. The standard InChI is InChI=1S/C19H25FN4O/c1-19(2,11-21)12-23(3)18(25)17-13-7-6-10-15(13)24(22-17)16-9-5-4-8-14(16)20/h4-5,8-9H,6-7,10-12,21H2,1-3H3. The van der Waals surface area contributed by atoms with E-state index in [9.17, 15) is 9.18 Å². The SMILES string of the molecule is CN(CC(C)(C)CN)C(=O)c1nn(-c2ccccc2F)c2c1CCC2. The number of rotatable bonds is 5. The number of aromatic nitrogens is 2. The first-order valence-electron chi connectivity index (χ1n) is 8.65. The van der Waals surface area contributed by atoms with Gasteiger partial charge in [0.15, 0.2) is 5.69 Å². The third-order valence-electron chi connectivity index (χ3n) is 4.78. The van der Waals surface area contributed by atoms with E-state index in [0.717, 1.165) is 30.5 Å². The van der Waals surface area contributed by atoms with Crippen molar-refractivity contribution in [3.63, 3.8) is 0 Å². The van der Waals surface area contributed by atoms with Crippen LogP contribution < -0.4 is 5.73 Å². The summed E-state index contributed by atoms with van der Waals surface area (Å²) >= 11 is 0. The average Bonchev–Trinajstić information content (AvgIpc) is 3.17. The smallest absolute Gasteiger partial charge is 0.274 e. The zero-order valence-corrected chi connectivity index (χ0v) is 15.1. The van der Waals surface area contributed by atoms with Crippen LogP contribution in [0.15, 0.2) is 24.3 Å². The first-order valence-corrected chi connectivity index (χ1v) is 8.65. The third kappa shape index (κ3) is 3.31. The minimum atomic E-state index is -0.337. The first kappa shape index (κ1) is 17.6. The van der Waals surface area contributed by atoms with Crippen LogP contribution in [0.3, 0.4) is 0 Å². The number of fused-ring (bicyclic) bond motifs is 1. The van der Waals surface area contributed by atoms with Crippen LogP contribution in [0.25, 0.3) is 5.69 Å². The molecule has 0 saturated heterocycles. The van der Waals surface area contributed by atoms with Gasteiger partial charge in [-0.15, -0.1) is 0 Å². The lowest BCUT2D eigenvalue weighted by atomic mass is 9.93. The summed E-state index contributed by atoms with van der Waals surface area (Å²) in [6, 6.07) is 6.53. The van der Waals surface area contributed by atoms with E-state index in [1.165, 1.54) is 6.07 Å². The van der Waals surface area contributed by atoms with E-state index in [1.807, 2.05) is 13.8 Å². The van der Waals surface area contributed by atoms with Gasteiger partial charge in [0.2, 0.25) is 0 Å². The van der Waals surface area contributed by atoms with Crippen molar-refractivity contribution in [3.8, 4) is 5.69 Å². The van der Waals surface area contributed by atoms with Crippen molar-refractivity contribution in [2.45, 2.75) is 33.1 Å². The molecule has 1 aliphatic carbocycles. The normalized spacial score (nSPS) is 13.8. The zero-order valence-electron chi connectivity index (χ0n) is 15.1. The van der Waals surface area contributed by atoms with Gasteiger partial charge >= 0.3 is 0 Å². The van der Waals surface area contributed by atoms with Gasteiger partial charge in [-0.3, -0.25) is 4.79 Å². The van der Waals surface area contributed by atoms with Crippen molar-refractivity contribution in [2.24, 2.45) is 11.1 Å². The molecule has 1 heterocycles. The van der Waals surface area contributed by atoms with E-state index < -0.39 is 0 Å². The molecule has 3 rings (SSSR count). The quantitative estimate of drug-likeness (QED) is 0.907. The minimum absolute atomic E-state index is 0.130. The number of halogens is 1. The Balaban J connectivity index is 1.97. The molecule has 0 atom stereocenters. The highest BCUT2D eigenvalue weighted by Crippen LogP contribution is 2.29. The molecule has 0 aliphatic heterocycles. The number of nitrogens with zero attached hydrogens (tertiary/aromatic N) is 3. The maximum atomic E-state index is 14.2. The maximum Gasteiger partial charge on any atom is 0.274 e. The van der Waals surface area contributed by atoms with Crippen LogP contribution >= 0.6 is 0 Å². The van der Waals surface area contributed by atoms with Gasteiger partial charge in [0.1, 0.15) is 11.5 Å². The summed E-state index contributed by atoms with van der Waals surface area (Å²) in [5.41, 5.74) is 8.34. The molecule has 2 aromatic rings. The van der Waals surface area contributed by atoms with Crippen molar-refractivity contribution >= 4 is 5.91 Å². The van der Waals surface area contributed by atoms with Crippen LogP contribution in [-0.2, 0) is 12.8 Å². The molecule has 25 heavy (non-hydrogen) atoms. The van der Waals surface area contributed by atoms with E-state index in [1.54, 1.807) is 34.8 Å². The molecule has 0 bridgehead atoms. The number of nitrogens with two attached hydrogens (primary N) is 1. The Morgan fingerprint density at radius 3 is 2.76 bits per heavy atom. The lowest BCUT2D eigenvalue weighted by Crippen LogP contribution is -2.40. The van der Waals surface area contributed by atoms with Crippen LogP contribution in [0.4, 0.5) is 4.39 Å². The number of hydrogen-bond acceptors (Lipinski definition) is 3. The monoisotopic (exact) mass is 344 g/mol. The molecule has 0 radical (unpaired) electrons. The molecule has 0 unspecified atom stereocenters. The van der Waals surface area contributed by atoms with Crippen LogP contribution in [0.5, 0.6) is 0 Å². The molecule has 5 nitrogen and oxygen atoms in total. The Morgan fingerprint density at radius 2 is 2.08 bits per heavy atom. The van der Waals surface area contributed by atoms with E-state index in [4.69, 9.17) is 5.73 Å². The lowest BCUT2D eigenvalue weighted by molar-refractivity contribution is 0.0733. The van der Waals surface area contributed by atoms with E-state index in [-0.39, 0.29) is 17.1 Å². The maximum absolute atomic E-state index is 14.2. The number of amides is 1. The number of benzene rings is 1. The second-order valence-corrected chi connectivity index (χ2v) is 7.52. The van der Waals surface area contributed by atoms with Crippen molar-refractivity contribution in [1.82, 2.24) is 14.7 Å². The van der Waals surface area contributed by atoms with Gasteiger partial charge < -0.3 is 10.6 Å². The summed E-state index contributed by atoms with van der Waals surface area (Å²) in [6.45, 7) is 5.09. The highest BCUT2D eigenvalue weighted by Gasteiger charge is 2.30. The molecule has 1 aliphatic rings. The summed E-state index contributed by atoms with van der Waals surface area (Å²) in [5.74, 6) is -0.467. The second-order valence-electron chi connectivity index (χ2n) is 7.52. The number of carbonyl (C=O) groups is 1. The molecule has 2 N–H and O–H groups in total. The summed E-state index contributed by atoms with van der Waals surface area (Å²) in [7, 11) is 1.77. The fraction of sp³-hybridized carbons (Fsp3) is 0.474. The van der Waals surface area contributed by atoms with Gasteiger partial charge in [-0.1, -0.05) is 26.0 Å². The van der Waals surface area contributed by atoms with Gasteiger partial charge in [-0.2, -0.15) is 5.10 Å². The van der Waals surface area contributed by atoms with Gasteiger partial charge in [0.25, 0.3) is 5.91 Å². The predicted molar refractivity (Wildman–Crippen MR) is 95.3 cm³/mol. The highest BCUT2D eigenvalue weighted by molar-refractivity contribution is 5.94. The zero-order chi connectivity index (χ0) is 18.2. The Hall–Kier alpha value is -2.21. The van der Waals surface area contributed by atoms with E-state index in [2.05, 4.69) is 5.10 Å². The van der Waals surface area contributed by atoms with Gasteiger partial charge in [0, 0.05) is 24.8 Å². The molecule has 1 amide bonds. The van der Waals surface area contributed by atoms with Crippen molar-refractivity contribution in [1.29, 1.82) is 0 Å². The molecular weight excluding hydrogens is 319 g/mol. The molecule has 134 valence electrons. The summed E-state index contributed by atoms with van der Waals surface area (Å²) < 4.78 is 15.8. The van der Waals surface area contributed by atoms with E-state index >= 15 is 0 Å². The first-order chi connectivity index (χ1) is 11.8. The van der Waals surface area contributed by atoms with Gasteiger partial charge in [-0.05, 0) is 43.4 Å². The van der Waals surface area contributed by atoms with Crippen molar-refractivity contribution in [2.75, 3.05) is 20.1 Å². The topological polar surface area (TPSA) is 64.2 Å². The molecule has 0 fully saturated rings.